The molecule has 0 saturated carbocycles. The Morgan fingerprint density at radius 3 is 2.63 bits per heavy atom. The highest BCUT2D eigenvalue weighted by atomic mass is 16.5. The van der Waals surface area contributed by atoms with Gasteiger partial charge in [0.05, 0.1) is 0 Å². The molecule has 2 aromatic rings. The number of aromatic nitrogens is 2. The summed E-state index contributed by atoms with van der Waals surface area (Å²) >= 11 is 0. The fourth-order valence-corrected chi connectivity index (χ4v) is 1.73. The third kappa shape index (κ3) is 2.67. The van der Waals surface area contributed by atoms with Crippen LogP contribution >= 0.6 is 0 Å². The highest BCUT2D eigenvalue weighted by molar-refractivity contribution is 5.21. The maximum Gasteiger partial charge on any atom is 0.260 e. The topological polar surface area (TPSA) is 68.4 Å². The third-order valence-electron chi connectivity index (χ3n) is 3.39. The Morgan fingerprint density at radius 1 is 1.37 bits per heavy atom. The van der Waals surface area contributed by atoms with Gasteiger partial charge >= 0.3 is 0 Å². The van der Waals surface area contributed by atoms with Gasteiger partial charge in [0.2, 0.25) is 5.82 Å². The molecule has 0 bridgehead atoms. The molecule has 0 aliphatic carbocycles. The molecular weight excluding hydrogens is 244 g/mol. The molecule has 0 aliphatic rings. The molecular formula is C14H18N2O3. The zero-order valence-corrected chi connectivity index (χ0v) is 11.3. The van der Waals surface area contributed by atoms with E-state index in [1.54, 1.807) is 7.11 Å². The van der Waals surface area contributed by atoms with E-state index < -0.39 is 11.7 Å². The fraction of sp³-hybridized carbons (Fsp3) is 0.429. The Kier molecular flexibility index (Phi) is 3.97. The summed E-state index contributed by atoms with van der Waals surface area (Å²) in [7, 11) is 1.60. The van der Waals surface area contributed by atoms with Gasteiger partial charge in [0.25, 0.3) is 5.89 Å². The van der Waals surface area contributed by atoms with E-state index in [9.17, 15) is 5.11 Å². The molecule has 102 valence electrons. The number of aliphatic hydroxyl groups is 1. The Balaban J connectivity index is 2.27. The number of ether oxygens (including phenoxy) is 1. The van der Waals surface area contributed by atoms with Gasteiger partial charge in [-0.25, -0.2) is 0 Å². The Bertz CT molecular complexity index is 520. The first-order valence-electron chi connectivity index (χ1n) is 6.23. The van der Waals surface area contributed by atoms with Gasteiger partial charge in [-0.1, -0.05) is 42.4 Å². The molecule has 2 unspecified atom stereocenters. The normalized spacial score (nSPS) is 16.0. The number of nitrogens with zero attached hydrogens (tertiary/aromatic N) is 2. The molecule has 1 N–H and O–H groups in total. The number of rotatable bonds is 5. The SMILES string of the molecule is CCC(C)(OC)c1noc(C(O)c2ccccc2)n1. The lowest BCUT2D eigenvalue weighted by atomic mass is 10.0. The van der Waals surface area contributed by atoms with Gasteiger partial charge in [-0.2, -0.15) is 4.98 Å². The van der Waals surface area contributed by atoms with Crippen molar-refractivity contribution in [1.29, 1.82) is 0 Å². The number of hydrogen-bond acceptors (Lipinski definition) is 5. The molecule has 2 rings (SSSR count). The van der Waals surface area contributed by atoms with Crippen LogP contribution in [0, 0.1) is 0 Å². The van der Waals surface area contributed by atoms with Crippen molar-refractivity contribution in [3.05, 3.63) is 47.6 Å². The van der Waals surface area contributed by atoms with Gasteiger partial charge in [0.1, 0.15) is 5.60 Å². The minimum atomic E-state index is -0.916. The largest absolute Gasteiger partial charge is 0.378 e. The molecule has 0 aliphatic heterocycles. The first-order chi connectivity index (χ1) is 9.10. The van der Waals surface area contributed by atoms with Gasteiger partial charge < -0.3 is 14.4 Å². The van der Waals surface area contributed by atoms with E-state index >= 15 is 0 Å². The summed E-state index contributed by atoms with van der Waals surface area (Å²) in [5.41, 5.74) is 0.117. The van der Waals surface area contributed by atoms with Crippen LogP contribution in [0.5, 0.6) is 0 Å². The maximum atomic E-state index is 10.2. The van der Waals surface area contributed by atoms with Crippen molar-refractivity contribution in [2.24, 2.45) is 0 Å². The zero-order valence-electron chi connectivity index (χ0n) is 11.3. The van der Waals surface area contributed by atoms with Crippen molar-refractivity contribution in [2.75, 3.05) is 7.11 Å². The second-order valence-electron chi connectivity index (χ2n) is 4.56. The van der Waals surface area contributed by atoms with Crippen LogP contribution in [-0.2, 0) is 10.3 Å². The lowest BCUT2D eigenvalue weighted by molar-refractivity contribution is -0.0106. The Hall–Kier alpha value is -1.72. The number of methoxy groups -OCH3 is 1. The van der Waals surface area contributed by atoms with Crippen LogP contribution in [0.25, 0.3) is 0 Å². The minimum Gasteiger partial charge on any atom is -0.378 e. The van der Waals surface area contributed by atoms with Crippen molar-refractivity contribution in [3.63, 3.8) is 0 Å². The van der Waals surface area contributed by atoms with E-state index in [2.05, 4.69) is 10.1 Å². The molecule has 5 nitrogen and oxygen atoms in total. The summed E-state index contributed by atoms with van der Waals surface area (Å²) < 4.78 is 10.5. The highest BCUT2D eigenvalue weighted by Gasteiger charge is 2.31. The Labute approximate surface area is 112 Å². The third-order valence-corrected chi connectivity index (χ3v) is 3.39. The minimum absolute atomic E-state index is 0.179. The molecule has 0 amide bonds. The lowest BCUT2D eigenvalue weighted by Gasteiger charge is -2.21. The standard InChI is InChI=1S/C14H18N2O3/c1-4-14(2,18-3)13-15-12(19-16-13)11(17)10-8-6-5-7-9-10/h5-9,11,17H,4H2,1-3H3. The molecule has 0 fully saturated rings. The summed E-state index contributed by atoms with van der Waals surface area (Å²) in [6.07, 6.45) is -0.204. The maximum absolute atomic E-state index is 10.2. The van der Waals surface area contributed by atoms with Gasteiger partial charge in [-0.05, 0) is 18.9 Å². The summed E-state index contributed by atoms with van der Waals surface area (Å²) in [4.78, 5) is 4.25. The van der Waals surface area contributed by atoms with Gasteiger partial charge in [-0.3, -0.25) is 0 Å². The monoisotopic (exact) mass is 262 g/mol. The summed E-state index contributed by atoms with van der Waals surface area (Å²) in [5, 5.41) is 14.1. The molecule has 5 heteroatoms. The van der Waals surface area contributed by atoms with Crippen LogP contribution in [-0.4, -0.2) is 22.4 Å². The van der Waals surface area contributed by atoms with E-state index in [4.69, 9.17) is 9.26 Å². The van der Waals surface area contributed by atoms with Gasteiger partial charge in [-0.15, -0.1) is 0 Å². The van der Waals surface area contributed by atoms with E-state index in [0.717, 1.165) is 0 Å². The van der Waals surface area contributed by atoms with Gasteiger partial charge in [0, 0.05) is 7.11 Å². The van der Waals surface area contributed by atoms with Crippen molar-refractivity contribution in [2.45, 2.75) is 32.0 Å². The number of aliphatic hydroxyl groups excluding tert-OH is 1. The summed E-state index contributed by atoms with van der Waals surface area (Å²) in [5.74, 6) is 0.625. The van der Waals surface area contributed by atoms with Crippen molar-refractivity contribution in [3.8, 4) is 0 Å². The Morgan fingerprint density at radius 2 is 2.05 bits per heavy atom. The van der Waals surface area contributed by atoms with Crippen LogP contribution in [0.2, 0.25) is 0 Å². The van der Waals surface area contributed by atoms with Crippen LogP contribution in [0.4, 0.5) is 0 Å². The van der Waals surface area contributed by atoms with E-state index in [-0.39, 0.29) is 5.89 Å². The van der Waals surface area contributed by atoms with Crippen molar-refractivity contribution >= 4 is 0 Å². The average molecular weight is 262 g/mol. The molecule has 0 saturated heterocycles. The first-order valence-corrected chi connectivity index (χ1v) is 6.23. The van der Waals surface area contributed by atoms with E-state index in [1.165, 1.54) is 0 Å². The lowest BCUT2D eigenvalue weighted by Crippen LogP contribution is -2.24. The van der Waals surface area contributed by atoms with Crippen LogP contribution < -0.4 is 0 Å². The second kappa shape index (κ2) is 5.50. The predicted molar refractivity (Wildman–Crippen MR) is 69.5 cm³/mol. The zero-order chi connectivity index (χ0) is 13.9. The molecule has 1 aromatic carbocycles. The molecule has 19 heavy (non-hydrogen) atoms. The number of benzene rings is 1. The number of hydrogen-bond donors (Lipinski definition) is 1. The van der Waals surface area contributed by atoms with Crippen LogP contribution in [0.1, 0.15) is 43.7 Å². The summed E-state index contributed by atoms with van der Waals surface area (Å²) in [6.45, 7) is 3.86. The highest BCUT2D eigenvalue weighted by Crippen LogP contribution is 2.28. The molecule has 0 spiro atoms. The predicted octanol–water partition coefficient (Wildman–Crippen LogP) is 2.42. The smallest absolute Gasteiger partial charge is 0.260 e. The van der Waals surface area contributed by atoms with E-state index in [1.807, 2.05) is 44.2 Å². The van der Waals surface area contributed by atoms with Crippen molar-refractivity contribution < 1.29 is 14.4 Å². The van der Waals surface area contributed by atoms with E-state index in [0.29, 0.717) is 17.8 Å². The average Bonchev–Trinajstić information content (AvgIpc) is 2.97. The molecule has 0 radical (unpaired) electrons. The molecule has 2 atom stereocenters. The van der Waals surface area contributed by atoms with Gasteiger partial charge in [0.15, 0.2) is 6.10 Å². The van der Waals surface area contributed by atoms with Crippen LogP contribution in [0.3, 0.4) is 0 Å². The quantitative estimate of drug-likeness (QED) is 0.896. The first kappa shape index (κ1) is 13.7. The van der Waals surface area contributed by atoms with Crippen LogP contribution in [0.15, 0.2) is 34.9 Å². The second-order valence-corrected chi connectivity index (χ2v) is 4.56. The van der Waals surface area contributed by atoms with Crippen molar-refractivity contribution in [1.82, 2.24) is 10.1 Å². The fourth-order valence-electron chi connectivity index (χ4n) is 1.73. The summed E-state index contributed by atoms with van der Waals surface area (Å²) in [6, 6.07) is 9.20. The molecule has 1 aromatic heterocycles. The molecule has 1 heterocycles.